The lowest BCUT2D eigenvalue weighted by atomic mass is 9.70. The van der Waals surface area contributed by atoms with Crippen molar-refractivity contribution in [1.82, 2.24) is 0 Å². The molecule has 49 heavy (non-hydrogen) atoms. The Balaban J connectivity index is 1.38. The third-order valence-electron chi connectivity index (χ3n) is 10.7. The van der Waals surface area contributed by atoms with Crippen molar-refractivity contribution in [2.75, 3.05) is 9.80 Å². The van der Waals surface area contributed by atoms with Gasteiger partial charge in [0.05, 0.1) is 6.04 Å². The molecule has 0 fully saturated rings. The third kappa shape index (κ3) is 6.14. The van der Waals surface area contributed by atoms with E-state index in [4.69, 9.17) is 0 Å². The van der Waals surface area contributed by atoms with Crippen LogP contribution in [-0.4, -0.2) is 6.04 Å². The summed E-state index contributed by atoms with van der Waals surface area (Å²) in [6.07, 6.45) is 10.7. The Kier molecular flexibility index (Phi) is 9.07. The maximum Gasteiger partial charge on any atom is 0.0563 e. The molecule has 0 N–H and O–H groups in total. The maximum absolute atomic E-state index is 2.65. The molecule has 2 heteroatoms. The molecule has 0 amide bonds. The van der Waals surface area contributed by atoms with Crippen molar-refractivity contribution in [3.05, 3.63) is 166 Å². The normalized spacial score (nSPS) is 16.0. The Hall–Kier alpha value is -4.82. The molecule has 1 atom stereocenters. The number of nitrogens with zero attached hydrogens (tertiary/aromatic N) is 2. The maximum atomic E-state index is 2.65. The van der Waals surface area contributed by atoms with E-state index in [2.05, 4.69) is 179 Å². The van der Waals surface area contributed by atoms with E-state index < -0.39 is 0 Å². The van der Waals surface area contributed by atoms with E-state index in [1.165, 1.54) is 73.0 Å². The van der Waals surface area contributed by atoms with Crippen molar-refractivity contribution >= 4 is 34.0 Å². The molecule has 0 spiro atoms. The number of benzene rings is 5. The molecule has 0 aromatic heterocycles. The molecule has 0 saturated carbocycles. The van der Waals surface area contributed by atoms with Gasteiger partial charge in [-0.25, -0.2) is 0 Å². The van der Waals surface area contributed by atoms with Crippen molar-refractivity contribution in [3.63, 3.8) is 0 Å². The van der Waals surface area contributed by atoms with Gasteiger partial charge in [-0.2, -0.15) is 0 Å². The van der Waals surface area contributed by atoms with Crippen LogP contribution in [0.3, 0.4) is 0 Å². The highest BCUT2D eigenvalue weighted by Gasteiger charge is 2.46. The molecule has 0 saturated heterocycles. The average molecular weight is 643 g/mol. The molecule has 5 aromatic rings. The van der Waals surface area contributed by atoms with Gasteiger partial charge in [-0.1, -0.05) is 116 Å². The summed E-state index contributed by atoms with van der Waals surface area (Å²) in [5.41, 5.74) is 17.1. The fourth-order valence-corrected chi connectivity index (χ4v) is 8.29. The fourth-order valence-electron chi connectivity index (χ4n) is 8.29. The summed E-state index contributed by atoms with van der Waals surface area (Å²) in [6, 6.07) is 43.6. The first kappa shape index (κ1) is 32.7. The summed E-state index contributed by atoms with van der Waals surface area (Å²) in [5, 5.41) is 0. The monoisotopic (exact) mass is 642 g/mol. The van der Waals surface area contributed by atoms with Crippen molar-refractivity contribution in [2.24, 2.45) is 0 Å². The van der Waals surface area contributed by atoms with E-state index in [-0.39, 0.29) is 11.5 Å². The van der Waals surface area contributed by atoms with Crippen LogP contribution in [-0.2, 0) is 5.41 Å². The molecule has 0 bridgehead atoms. The van der Waals surface area contributed by atoms with E-state index in [1.807, 2.05) is 0 Å². The van der Waals surface area contributed by atoms with Gasteiger partial charge in [0.1, 0.15) is 0 Å². The third-order valence-corrected chi connectivity index (χ3v) is 10.7. The van der Waals surface area contributed by atoms with Gasteiger partial charge in [0.15, 0.2) is 0 Å². The zero-order valence-electron chi connectivity index (χ0n) is 30.1. The number of fused-ring (bicyclic) bond motifs is 3. The molecule has 2 nitrogen and oxygen atoms in total. The standard InChI is InChI=1S/C47H50N2/c1-7-29-47(30-8-2)45-31-41(48(37-17-9-33(3)10-18-37)38-19-11-34(4)12-20-38)25-27-43(45)44-28-26-42(32-46(44)47)49(39-21-13-35(5)14-22-39)40-23-15-36(6)16-24-40/h9-25,27-28,31-32,42H,7-8,26,29-30H2,1-6H3. The topological polar surface area (TPSA) is 6.48 Å². The molecule has 5 aromatic carbocycles. The minimum absolute atomic E-state index is 0.0300. The van der Waals surface area contributed by atoms with E-state index >= 15 is 0 Å². The van der Waals surface area contributed by atoms with Crippen molar-refractivity contribution in [3.8, 4) is 0 Å². The molecule has 0 aliphatic heterocycles. The van der Waals surface area contributed by atoms with Gasteiger partial charge in [0, 0.05) is 33.9 Å². The fraction of sp³-hybridized carbons (Fsp3) is 0.277. The molecular weight excluding hydrogens is 593 g/mol. The minimum atomic E-state index is -0.0300. The summed E-state index contributed by atoms with van der Waals surface area (Å²) >= 11 is 0. The molecule has 1 unspecified atom stereocenters. The first-order valence-electron chi connectivity index (χ1n) is 18.2. The number of hydrogen-bond donors (Lipinski definition) is 0. The highest BCUT2D eigenvalue weighted by molar-refractivity contribution is 5.93. The van der Waals surface area contributed by atoms with Crippen LogP contribution in [0.15, 0.2) is 133 Å². The SMILES string of the molecule is CCCC1(CCC)C2=CC(N(c3ccc(C)cc3)c3ccc(C)cc3)CC=C2c2ccc(N(c3ccc(C)cc3)c3ccc(C)cc3)cc21. The second-order valence-corrected chi connectivity index (χ2v) is 14.4. The zero-order valence-corrected chi connectivity index (χ0v) is 30.1. The first-order valence-corrected chi connectivity index (χ1v) is 18.2. The Bertz CT molecular complexity index is 1880. The van der Waals surface area contributed by atoms with Gasteiger partial charge in [-0.15, -0.1) is 0 Å². The van der Waals surface area contributed by atoms with E-state index in [0.29, 0.717) is 0 Å². The number of anilines is 5. The predicted octanol–water partition coefficient (Wildman–Crippen LogP) is 13.2. The molecule has 0 radical (unpaired) electrons. The van der Waals surface area contributed by atoms with Crippen LogP contribution in [0.4, 0.5) is 28.4 Å². The number of rotatable bonds is 10. The van der Waals surface area contributed by atoms with Gasteiger partial charge in [0.2, 0.25) is 0 Å². The van der Waals surface area contributed by atoms with Crippen molar-refractivity contribution < 1.29 is 0 Å². The Morgan fingerprint density at radius 1 is 0.551 bits per heavy atom. The van der Waals surface area contributed by atoms with Crippen molar-refractivity contribution in [1.29, 1.82) is 0 Å². The number of allylic oxidation sites excluding steroid dienone is 2. The van der Waals surface area contributed by atoms with Gasteiger partial charge in [0.25, 0.3) is 0 Å². The minimum Gasteiger partial charge on any atom is -0.334 e. The Morgan fingerprint density at radius 3 is 1.43 bits per heavy atom. The van der Waals surface area contributed by atoms with Crippen LogP contribution in [0.1, 0.15) is 79.3 Å². The molecule has 2 aliphatic carbocycles. The predicted molar refractivity (Wildman–Crippen MR) is 211 cm³/mol. The van der Waals surface area contributed by atoms with Crippen LogP contribution in [0.5, 0.6) is 0 Å². The highest BCUT2D eigenvalue weighted by Crippen LogP contribution is 2.58. The molecule has 7 rings (SSSR count). The quantitative estimate of drug-likeness (QED) is 0.150. The smallest absolute Gasteiger partial charge is 0.0563 e. The summed E-state index contributed by atoms with van der Waals surface area (Å²) in [6.45, 7) is 13.4. The Morgan fingerprint density at radius 2 is 0.980 bits per heavy atom. The van der Waals surface area contributed by atoms with Crippen LogP contribution in [0.2, 0.25) is 0 Å². The van der Waals surface area contributed by atoms with Gasteiger partial charge in [-0.05, 0) is 130 Å². The summed E-state index contributed by atoms with van der Waals surface area (Å²) in [5.74, 6) is 0. The molecule has 2 aliphatic rings. The lowest BCUT2D eigenvalue weighted by molar-refractivity contribution is 0.433. The van der Waals surface area contributed by atoms with Crippen LogP contribution in [0.25, 0.3) is 5.57 Å². The molecule has 0 heterocycles. The first-order chi connectivity index (χ1) is 23.8. The lowest BCUT2D eigenvalue weighted by Gasteiger charge is -2.38. The molecular formula is C47H50N2. The van der Waals surface area contributed by atoms with Crippen molar-refractivity contribution in [2.45, 2.75) is 85.1 Å². The van der Waals surface area contributed by atoms with Crippen LogP contribution >= 0.6 is 0 Å². The van der Waals surface area contributed by atoms with Crippen LogP contribution < -0.4 is 9.80 Å². The van der Waals surface area contributed by atoms with E-state index in [1.54, 1.807) is 0 Å². The highest BCUT2D eigenvalue weighted by atomic mass is 15.2. The largest absolute Gasteiger partial charge is 0.334 e. The number of hydrogen-bond acceptors (Lipinski definition) is 2. The summed E-state index contributed by atoms with van der Waals surface area (Å²) < 4.78 is 0. The van der Waals surface area contributed by atoms with Gasteiger partial charge in [-0.3, -0.25) is 0 Å². The number of aryl methyl sites for hydroxylation is 4. The second kappa shape index (κ2) is 13.6. The molecule has 248 valence electrons. The zero-order chi connectivity index (χ0) is 34.1. The Labute approximate surface area is 294 Å². The van der Waals surface area contributed by atoms with Gasteiger partial charge >= 0.3 is 0 Å². The lowest BCUT2D eigenvalue weighted by Crippen LogP contribution is -2.33. The van der Waals surface area contributed by atoms with Crippen LogP contribution in [0, 0.1) is 27.7 Å². The summed E-state index contributed by atoms with van der Waals surface area (Å²) in [7, 11) is 0. The summed E-state index contributed by atoms with van der Waals surface area (Å²) in [4.78, 5) is 5.00. The second-order valence-electron chi connectivity index (χ2n) is 14.4. The van der Waals surface area contributed by atoms with E-state index in [9.17, 15) is 0 Å². The average Bonchev–Trinajstić information content (AvgIpc) is 3.37. The van der Waals surface area contributed by atoms with E-state index in [0.717, 1.165) is 32.1 Å². The van der Waals surface area contributed by atoms with Gasteiger partial charge < -0.3 is 9.80 Å².